The fourth-order valence-corrected chi connectivity index (χ4v) is 3.25. The number of thioether (sulfide) groups is 1. The van der Waals surface area contributed by atoms with Crippen molar-refractivity contribution < 1.29 is 0 Å². The number of rotatable bonds is 3. The second kappa shape index (κ2) is 4.68. The molecule has 4 heteroatoms. The van der Waals surface area contributed by atoms with Crippen LogP contribution >= 0.6 is 23.1 Å². The molecule has 2 aromatic rings. The van der Waals surface area contributed by atoms with Crippen molar-refractivity contribution >= 4 is 39.0 Å². The fourth-order valence-electron chi connectivity index (χ4n) is 1.20. The van der Waals surface area contributed by atoms with Crippen molar-refractivity contribution in [2.75, 3.05) is 11.5 Å². The maximum atomic E-state index is 5.72. The van der Waals surface area contributed by atoms with Gasteiger partial charge in [-0.3, -0.25) is 0 Å². The summed E-state index contributed by atoms with van der Waals surface area (Å²) in [5, 5.41) is 0. The predicted octanol–water partition coefficient (Wildman–Crippen LogP) is 3.55. The minimum absolute atomic E-state index is 0.802. The number of benzene rings is 1. The van der Waals surface area contributed by atoms with Crippen LogP contribution in [-0.2, 0) is 0 Å². The van der Waals surface area contributed by atoms with Crippen LogP contribution in [0.1, 0.15) is 6.92 Å². The molecule has 0 bridgehead atoms. The summed E-state index contributed by atoms with van der Waals surface area (Å²) in [6.45, 7) is 2.03. The lowest BCUT2D eigenvalue weighted by atomic mass is 10.3. The highest BCUT2D eigenvalue weighted by atomic mass is 32.2. The molecule has 0 aliphatic carbocycles. The van der Waals surface area contributed by atoms with Crippen molar-refractivity contribution in [2.45, 2.75) is 11.3 Å². The van der Waals surface area contributed by atoms with Crippen LogP contribution in [0.2, 0.25) is 0 Å². The van der Waals surface area contributed by atoms with E-state index < -0.39 is 0 Å². The molecule has 0 fully saturated rings. The molecular weight excluding hydrogens is 224 g/mol. The molecule has 2 N–H and O–H groups in total. The average Bonchev–Trinajstić information content (AvgIpc) is 2.60. The maximum absolute atomic E-state index is 5.72. The zero-order valence-corrected chi connectivity index (χ0v) is 10.1. The molecule has 0 amide bonds. The third-order valence-electron chi connectivity index (χ3n) is 1.93. The molecule has 0 atom stereocenters. The molecule has 78 valence electrons. The summed E-state index contributed by atoms with van der Waals surface area (Å²) in [6.07, 6.45) is 4.18. The summed E-state index contributed by atoms with van der Waals surface area (Å²) < 4.78 is 2.27. The molecule has 0 radical (unpaired) electrons. The van der Waals surface area contributed by atoms with Gasteiger partial charge in [0.2, 0.25) is 0 Å². The van der Waals surface area contributed by atoms with E-state index in [0.717, 1.165) is 26.0 Å². The Balaban J connectivity index is 2.23. The summed E-state index contributed by atoms with van der Waals surface area (Å²) in [5.74, 6) is 0.978. The van der Waals surface area contributed by atoms with E-state index in [2.05, 4.69) is 17.1 Å². The van der Waals surface area contributed by atoms with E-state index in [1.807, 2.05) is 25.1 Å². The first-order valence-electron chi connectivity index (χ1n) is 4.69. The van der Waals surface area contributed by atoms with Gasteiger partial charge in [-0.1, -0.05) is 23.9 Å². The Kier molecular flexibility index (Phi) is 3.28. The van der Waals surface area contributed by atoms with Gasteiger partial charge in [0.25, 0.3) is 0 Å². The highest BCUT2D eigenvalue weighted by molar-refractivity contribution is 8.01. The smallest absolute Gasteiger partial charge is 0.151 e. The maximum Gasteiger partial charge on any atom is 0.151 e. The number of nitrogen functional groups attached to an aromatic ring is 1. The van der Waals surface area contributed by atoms with Gasteiger partial charge in [-0.2, -0.15) is 0 Å². The zero-order chi connectivity index (χ0) is 10.7. The first kappa shape index (κ1) is 10.5. The zero-order valence-electron chi connectivity index (χ0n) is 8.43. The average molecular weight is 236 g/mol. The molecular formula is C11H12N2S2. The van der Waals surface area contributed by atoms with Gasteiger partial charge in [-0.05, 0) is 25.1 Å². The van der Waals surface area contributed by atoms with E-state index in [1.54, 1.807) is 23.1 Å². The number of hydrogen-bond donors (Lipinski definition) is 1. The highest BCUT2D eigenvalue weighted by Crippen LogP contribution is 2.30. The summed E-state index contributed by atoms with van der Waals surface area (Å²) in [4.78, 5) is 4.52. The monoisotopic (exact) mass is 236 g/mol. The van der Waals surface area contributed by atoms with Gasteiger partial charge in [-0.25, -0.2) is 4.98 Å². The van der Waals surface area contributed by atoms with Crippen LogP contribution in [0.15, 0.2) is 34.7 Å². The van der Waals surface area contributed by atoms with Gasteiger partial charge in [0, 0.05) is 11.4 Å². The van der Waals surface area contributed by atoms with Crippen LogP contribution in [0, 0.1) is 0 Å². The number of anilines is 1. The predicted molar refractivity (Wildman–Crippen MR) is 69.6 cm³/mol. The second-order valence-electron chi connectivity index (χ2n) is 3.09. The summed E-state index contributed by atoms with van der Waals surface area (Å²) in [5.41, 5.74) is 7.56. The molecule has 1 aromatic carbocycles. The lowest BCUT2D eigenvalue weighted by Crippen LogP contribution is -1.81. The molecule has 1 aromatic heterocycles. The normalized spacial score (nSPS) is 11.5. The molecule has 15 heavy (non-hydrogen) atoms. The number of nitrogens with zero attached hydrogens (tertiary/aromatic N) is 1. The van der Waals surface area contributed by atoms with Gasteiger partial charge < -0.3 is 5.73 Å². The van der Waals surface area contributed by atoms with E-state index in [1.165, 1.54) is 0 Å². The highest BCUT2D eigenvalue weighted by Gasteiger charge is 2.03. The van der Waals surface area contributed by atoms with Crippen LogP contribution in [0.25, 0.3) is 10.2 Å². The first-order valence-corrected chi connectivity index (χ1v) is 6.50. The second-order valence-corrected chi connectivity index (χ2v) is 5.38. The third-order valence-corrected chi connectivity index (χ3v) is 4.05. The van der Waals surface area contributed by atoms with Gasteiger partial charge in [0.1, 0.15) is 0 Å². The van der Waals surface area contributed by atoms with E-state index >= 15 is 0 Å². The number of thiazole rings is 1. The molecule has 0 saturated heterocycles. The van der Waals surface area contributed by atoms with E-state index in [-0.39, 0.29) is 0 Å². The third kappa shape index (κ3) is 2.52. The van der Waals surface area contributed by atoms with Crippen LogP contribution in [0.3, 0.4) is 0 Å². The van der Waals surface area contributed by atoms with Gasteiger partial charge in [-0.15, -0.1) is 11.3 Å². The number of hydrogen-bond acceptors (Lipinski definition) is 4. The molecule has 1 heterocycles. The quantitative estimate of drug-likeness (QED) is 0.503. The SMILES string of the molecule is CC=CCSc1nc2ccc(N)cc2s1. The lowest BCUT2D eigenvalue weighted by Gasteiger charge is -1.88. The minimum atomic E-state index is 0.802. The number of allylic oxidation sites excluding steroid dienone is 1. The van der Waals surface area contributed by atoms with Crippen LogP contribution < -0.4 is 5.73 Å². The number of aromatic nitrogens is 1. The Hall–Kier alpha value is -1.000. The molecule has 0 saturated carbocycles. The Morgan fingerprint density at radius 1 is 1.53 bits per heavy atom. The fraction of sp³-hybridized carbons (Fsp3) is 0.182. The Labute approximate surface area is 97.2 Å². The van der Waals surface area contributed by atoms with Crippen LogP contribution in [0.4, 0.5) is 5.69 Å². The van der Waals surface area contributed by atoms with Crippen molar-refractivity contribution in [2.24, 2.45) is 0 Å². The Morgan fingerprint density at radius 2 is 2.40 bits per heavy atom. The van der Waals surface area contributed by atoms with Gasteiger partial charge in [0.05, 0.1) is 10.2 Å². The topological polar surface area (TPSA) is 38.9 Å². The minimum Gasteiger partial charge on any atom is -0.399 e. The van der Waals surface area contributed by atoms with E-state index in [0.29, 0.717) is 0 Å². The van der Waals surface area contributed by atoms with E-state index in [9.17, 15) is 0 Å². The summed E-state index contributed by atoms with van der Waals surface area (Å²) >= 11 is 3.46. The molecule has 0 aliphatic heterocycles. The molecule has 0 unspecified atom stereocenters. The van der Waals surface area contributed by atoms with Crippen molar-refractivity contribution in [3.63, 3.8) is 0 Å². The lowest BCUT2D eigenvalue weighted by molar-refractivity contribution is 1.30. The molecule has 0 spiro atoms. The van der Waals surface area contributed by atoms with Crippen molar-refractivity contribution in [1.82, 2.24) is 4.98 Å². The number of nitrogens with two attached hydrogens (primary N) is 1. The van der Waals surface area contributed by atoms with Crippen LogP contribution in [0.5, 0.6) is 0 Å². The summed E-state index contributed by atoms with van der Waals surface area (Å²) in [7, 11) is 0. The molecule has 2 rings (SSSR count). The van der Waals surface area contributed by atoms with Crippen LogP contribution in [-0.4, -0.2) is 10.7 Å². The van der Waals surface area contributed by atoms with Crippen molar-refractivity contribution in [1.29, 1.82) is 0 Å². The first-order chi connectivity index (χ1) is 7.29. The Morgan fingerprint density at radius 3 is 3.20 bits per heavy atom. The van der Waals surface area contributed by atoms with E-state index in [4.69, 9.17) is 5.73 Å². The van der Waals surface area contributed by atoms with Gasteiger partial charge >= 0.3 is 0 Å². The summed E-state index contributed by atoms with van der Waals surface area (Å²) in [6, 6.07) is 5.84. The molecule has 0 aliphatic rings. The largest absolute Gasteiger partial charge is 0.399 e. The van der Waals surface area contributed by atoms with Crippen molar-refractivity contribution in [3.8, 4) is 0 Å². The van der Waals surface area contributed by atoms with Gasteiger partial charge in [0.15, 0.2) is 4.34 Å². The number of fused-ring (bicyclic) bond motifs is 1. The standard InChI is InChI=1S/C11H12N2S2/c1-2-3-6-14-11-13-9-5-4-8(12)7-10(9)15-11/h2-5,7H,6,12H2,1H3. The van der Waals surface area contributed by atoms with Crippen molar-refractivity contribution in [3.05, 3.63) is 30.4 Å². The molecule has 2 nitrogen and oxygen atoms in total. The Bertz CT molecular complexity index is 488.